The Bertz CT molecular complexity index is 556. The zero-order valence-electron chi connectivity index (χ0n) is 12.2. The van der Waals surface area contributed by atoms with E-state index in [0.717, 1.165) is 38.2 Å². The first kappa shape index (κ1) is 16.2. The topological polar surface area (TPSA) is 68.2 Å². The molecule has 1 aromatic rings. The van der Waals surface area contributed by atoms with Crippen molar-refractivity contribution in [1.29, 1.82) is 0 Å². The second kappa shape index (κ2) is 8.31. The first-order chi connectivity index (χ1) is 10.2. The fourth-order valence-electron chi connectivity index (χ4n) is 2.18. The molecule has 0 saturated heterocycles. The SMILES string of the molecule is COCCn1ncc(NCCC2=CCNCC2)c(Br)c1=O. The molecule has 0 spiro atoms. The molecule has 2 rings (SSSR count). The van der Waals surface area contributed by atoms with Crippen molar-refractivity contribution in [1.82, 2.24) is 15.1 Å². The Balaban J connectivity index is 1.92. The molecule has 2 heterocycles. The molecule has 21 heavy (non-hydrogen) atoms. The zero-order chi connectivity index (χ0) is 15.1. The molecule has 1 aromatic heterocycles. The third kappa shape index (κ3) is 4.66. The Morgan fingerprint density at radius 1 is 1.57 bits per heavy atom. The predicted molar refractivity (Wildman–Crippen MR) is 86.7 cm³/mol. The zero-order valence-corrected chi connectivity index (χ0v) is 13.8. The van der Waals surface area contributed by atoms with Crippen LogP contribution in [-0.2, 0) is 11.3 Å². The number of anilines is 1. The van der Waals surface area contributed by atoms with Crippen molar-refractivity contribution >= 4 is 21.6 Å². The molecule has 7 heteroatoms. The van der Waals surface area contributed by atoms with Crippen LogP contribution in [0, 0.1) is 0 Å². The van der Waals surface area contributed by atoms with Crippen molar-refractivity contribution in [3.05, 3.63) is 32.7 Å². The van der Waals surface area contributed by atoms with Gasteiger partial charge in [0, 0.05) is 20.2 Å². The lowest BCUT2D eigenvalue weighted by atomic mass is 10.1. The van der Waals surface area contributed by atoms with Gasteiger partial charge in [-0.2, -0.15) is 5.10 Å². The summed E-state index contributed by atoms with van der Waals surface area (Å²) in [6.07, 6.45) is 6.00. The molecule has 0 saturated carbocycles. The molecule has 6 nitrogen and oxygen atoms in total. The number of hydrogen-bond acceptors (Lipinski definition) is 5. The van der Waals surface area contributed by atoms with Crippen LogP contribution in [0.4, 0.5) is 5.69 Å². The van der Waals surface area contributed by atoms with Gasteiger partial charge in [0.1, 0.15) is 4.47 Å². The Kier molecular flexibility index (Phi) is 6.41. The van der Waals surface area contributed by atoms with E-state index in [4.69, 9.17) is 4.74 Å². The number of aromatic nitrogens is 2. The normalized spacial score (nSPS) is 14.9. The van der Waals surface area contributed by atoms with Gasteiger partial charge in [0.25, 0.3) is 5.56 Å². The van der Waals surface area contributed by atoms with E-state index in [0.29, 0.717) is 17.6 Å². The molecule has 1 aliphatic rings. The Labute approximate surface area is 132 Å². The smallest absolute Gasteiger partial charge is 0.283 e. The molecule has 2 N–H and O–H groups in total. The van der Waals surface area contributed by atoms with Crippen molar-refractivity contribution < 1.29 is 4.74 Å². The summed E-state index contributed by atoms with van der Waals surface area (Å²) in [5, 5.41) is 10.7. The van der Waals surface area contributed by atoms with Gasteiger partial charge in [-0.05, 0) is 35.3 Å². The van der Waals surface area contributed by atoms with E-state index in [2.05, 4.69) is 37.7 Å². The van der Waals surface area contributed by atoms with Crippen LogP contribution >= 0.6 is 15.9 Å². The van der Waals surface area contributed by atoms with Crippen molar-refractivity contribution in [3.8, 4) is 0 Å². The monoisotopic (exact) mass is 356 g/mol. The fraction of sp³-hybridized carbons (Fsp3) is 0.571. The van der Waals surface area contributed by atoms with Gasteiger partial charge >= 0.3 is 0 Å². The molecule has 0 amide bonds. The highest BCUT2D eigenvalue weighted by molar-refractivity contribution is 9.10. The second-order valence-electron chi connectivity index (χ2n) is 4.89. The predicted octanol–water partition coefficient (Wildman–Crippen LogP) is 1.37. The minimum Gasteiger partial charge on any atom is -0.383 e. The van der Waals surface area contributed by atoms with Crippen molar-refractivity contribution in [2.75, 3.05) is 38.7 Å². The molecule has 0 aliphatic carbocycles. The van der Waals surface area contributed by atoms with Crippen LogP contribution in [0.1, 0.15) is 12.8 Å². The van der Waals surface area contributed by atoms with E-state index in [1.165, 1.54) is 10.3 Å². The van der Waals surface area contributed by atoms with Crippen molar-refractivity contribution in [2.24, 2.45) is 0 Å². The Morgan fingerprint density at radius 3 is 3.14 bits per heavy atom. The summed E-state index contributed by atoms with van der Waals surface area (Å²) in [4.78, 5) is 12.1. The highest BCUT2D eigenvalue weighted by Gasteiger charge is 2.09. The molecule has 0 bridgehead atoms. The van der Waals surface area contributed by atoms with Gasteiger partial charge < -0.3 is 15.4 Å². The fourth-order valence-corrected chi connectivity index (χ4v) is 2.63. The van der Waals surface area contributed by atoms with Crippen LogP contribution in [0.2, 0.25) is 0 Å². The van der Waals surface area contributed by atoms with E-state index < -0.39 is 0 Å². The number of halogens is 1. The summed E-state index contributed by atoms with van der Waals surface area (Å²) in [6.45, 7) is 3.72. The van der Waals surface area contributed by atoms with Gasteiger partial charge in [0.15, 0.2) is 0 Å². The van der Waals surface area contributed by atoms with Crippen LogP contribution in [0.15, 0.2) is 27.1 Å². The molecule has 0 fully saturated rings. The maximum absolute atomic E-state index is 12.1. The summed E-state index contributed by atoms with van der Waals surface area (Å²) in [7, 11) is 1.60. The maximum atomic E-state index is 12.1. The van der Waals surface area contributed by atoms with Gasteiger partial charge in [0.2, 0.25) is 0 Å². The van der Waals surface area contributed by atoms with Gasteiger partial charge in [-0.25, -0.2) is 4.68 Å². The van der Waals surface area contributed by atoms with Crippen LogP contribution in [0.5, 0.6) is 0 Å². The summed E-state index contributed by atoms with van der Waals surface area (Å²) in [5.41, 5.74) is 2.06. The average Bonchev–Trinajstić information content (AvgIpc) is 2.52. The molecular weight excluding hydrogens is 336 g/mol. The number of ether oxygens (including phenoxy) is 1. The van der Waals surface area contributed by atoms with Gasteiger partial charge in [-0.3, -0.25) is 4.79 Å². The van der Waals surface area contributed by atoms with Gasteiger partial charge in [0.05, 0.1) is 25.0 Å². The Hall–Kier alpha value is -1.18. The second-order valence-corrected chi connectivity index (χ2v) is 5.68. The molecule has 0 atom stereocenters. The average molecular weight is 357 g/mol. The minimum absolute atomic E-state index is 0.141. The number of methoxy groups -OCH3 is 1. The van der Waals surface area contributed by atoms with E-state index >= 15 is 0 Å². The van der Waals surface area contributed by atoms with E-state index in [9.17, 15) is 4.79 Å². The Morgan fingerprint density at radius 2 is 2.43 bits per heavy atom. The van der Waals surface area contributed by atoms with Crippen LogP contribution in [-0.4, -0.2) is 43.1 Å². The lowest BCUT2D eigenvalue weighted by molar-refractivity contribution is 0.181. The van der Waals surface area contributed by atoms with Crippen molar-refractivity contribution in [3.63, 3.8) is 0 Å². The number of nitrogens with one attached hydrogen (secondary N) is 2. The highest BCUT2D eigenvalue weighted by atomic mass is 79.9. The van der Waals surface area contributed by atoms with E-state index in [-0.39, 0.29) is 5.56 Å². The summed E-state index contributed by atoms with van der Waals surface area (Å²) in [6, 6.07) is 0. The largest absolute Gasteiger partial charge is 0.383 e. The molecular formula is C14H21BrN4O2. The van der Waals surface area contributed by atoms with E-state index in [1.807, 2.05) is 0 Å². The molecule has 0 unspecified atom stereocenters. The minimum atomic E-state index is -0.141. The third-order valence-electron chi connectivity index (χ3n) is 3.41. The lowest BCUT2D eigenvalue weighted by Gasteiger charge is -2.15. The standard InChI is InChI=1S/C14H21BrN4O2/c1-21-9-8-19-14(20)13(15)12(10-18-19)17-7-4-11-2-5-16-6-3-11/h2,10,16-17H,3-9H2,1H3. The first-order valence-corrected chi connectivity index (χ1v) is 7.88. The quantitative estimate of drug-likeness (QED) is 0.722. The number of rotatable bonds is 7. The van der Waals surface area contributed by atoms with Crippen LogP contribution in [0.25, 0.3) is 0 Å². The number of nitrogens with zero attached hydrogens (tertiary/aromatic N) is 2. The maximum Gasteiger partial charge on any atom is 0.283 e. The van der Waals surface area contributed by atoms with Crippen LogP contribution in [0.3, 0.4) is 0 Å². The summed E-state index contributed by atoms with van der Waals surface area (Å²) < 4.78 is 6.88. The molecule has 116 valence electrons. The summed E-state index contributed by atoms with van der Waals surface area (Å²) in [5.74, 6) is 0. The lowest BCUT2D eigenvalue weighted by Crippen LogP contribution is -2.26. The van der Waals surface area contributed by atoms with Gasteiger partial charge in [-0.15, -0.1) is 0 Å². The van der Waals surface area contributed by atoms with Crippen molar-refractivity contribution in [2.45, 2.75) is 19.4 Å². The summed E-state index contributed by atoms with van der Waals surface area (Å²) >= 11 is 3.35. The van der Waals surface area contributed by atoms with Crippen LogP contribution < -0.4 is 16.2 Å². The molecule has 0 aromatic carbocycles. The van der Waals surface area contributed by atoms with Gasteiger partial charge in [-0.1, -0.05) is 11.6 Å². The third-order valence-corrected chi connectivity index (χ3v) is 4.18. The molecule has 0 radical (unpaired) electrons. The highest BCUT2D eigenvalue weighted by Crippen LogP contribution is 2.17. The molecule has 1 aliphatic heterocycles. The first-order valence-electron chi connectivity index (χ1n) is 7.09. The van der Waals surface area contributed by atoms with E-state index in [1.54, 1.807) is 13.3 Å². The number of hydrogen-bond donors (Lipinski definition) is 2.